The second-order valence-electron chi connectivity index (χ2n) is 6.20. The first-order valence-electron chi connectivity index (χ1n) is 8.08. The first kappa shape index (κ1) is 16.6. The normalized spacial score (nSPS) is 20.5. The molecule has 0 aliphatic heterocycles. The van der Waals surface area contributed by atoms with Crippen LogP contribution in [0.1, 0.15) is 41.7 Å². The second-order valence-corrected chi connectivity index (χ2v) is 6.98. The van der Waals surface area contributed by atoms with E-state index in [0.29, 0.717) is 36.9 Å². The van der Waals surface area contributed by atoms with Gasteiger partial charge in [0.05, 0.1) is 22.9 Å². The zero-order chi connectivity index (χ0) is 17.1. The molecule has 3 rings (SSSR count). The molecule has 1 amide bonds. The number of nitrogens with one attached hydrogen (secondary N) is 1. The van der Waals surface area contributed by atoms with Crippen molar-refractivity contribution in [2.75, 3.05) is 0 Å². The Balaban J connectivity index is 1.64. The number of carboxylic acids is 1. The van der Waals surface area contributed by atoms with Crippen LogP contribution in [0.25, 0.3) is 11.3 Å². The zero-order valence-electron chi connectivity index (χ0n) is 13.5. The molecule has 0 spiro atoms. The summed E-state index contributed by atoms with van der Waals surface area (Å²) in [7, 11) is 0. The number of aliphatic carboxylic acids is 1. The molecule has 2 heterocycles. The molecule has 0 bridgehead atoms. The van der Waals surface area contributed by atoms with E-state index in [2.05, 4.69) is 10.3 Å². The lowest BCUT2D eigenvalue weighted by atomic mass is 9.86. The summed E-state index contributed by atoms with van der Waals surface area (Å²) < 4.78 is 0. The van der Waals surface area contributed by atoms with E-state index in [9.17, 15) is 9.59 Å². The average molecular weight is 344 g/mol. The van der Waals surface area contributed by atoms with Gasteiger partial charge in [-0.25, -0.2) is 0 Å². The maximum atomic E-state index is 12.5. The molecule has 24 heavy (non-hydrogen) atoms. The van der Waals surface area contributed by atoms with E-state index in [1.54, 1.807) is 11.3 Å². The van der Waals surface area contributed by atoms with E-state index in [1.807, 2.05) is 35.9 Å². The third-order valence-electron chi connectivity index (χ3n) is 4.56. The first-order chi connectivity index (χ1) is 11.5. The van der Waals surface area contributed by atoms with Crippen molar-refractivity contribution in [3.05, 3.63) is 40.2 Å². The highest BCUT2D eigenvalue weighted by atomic mass is 32.1. The monoisotopic (exact) mass is 344 g/mol. The van der Waals surface area contributed by atoms with Crippen LogP contribution in [-0.2, 0) is 4.79 Å². The van der Waals surface area contributed by atoms with E-state index in [-0.39, 0.29) is 17.9 Å². The van der Waals surface area contributed by atoms with Crippen molar-refractivity contribution in [3.63, 3.8) is 0 Å². The number of hydrogen-bond acceptors (Lipinski definition) is 4. The maximum absolute atomic E-state index is 12.5. The summed E-state index contributed by atoms with van der Waals surface area (Å²) in [5.74, 6) is -1.13. The fraction of sp³-hybridized carbons (Fsp3) is 0.389. The Hall–Kier alpha value is -2.21. The van der Waals surface area contributed by atoms with Crippen LogP contribution in [0, 0.1) is 12.8 Å². The number of carbonyl (C=O) groups is 2. The van der Waals surface area contributed by atoms with Crippen molar-refractivity contribution in [2.24, 2.45) is 5.92 Å². The van der Waals surface area contributed by atoms with Crippen LogP contribution in [0.5, 0.6) is 0 Å². The summed E-state index contributed by atoms with van der Waals surface area (Å²) in [5, 5.41) is 16.1. The Labute approximate surface area is 144 Å². The highest BCUT2D eigenvalue weighted by molar-refractivity contribution is 7.08. The number of thiophene rings is 1. The minimum absolute atomic E-state index is 0.0454. The number of carboxylic acid groups (broad SMARTS) is 1. The van der Waals surface area contributed by atoms with Gasteiger partial charge in [-0.3, -0.25) is 14.6 Å². The summed E-state index contributed by atoms with van der Waals surface area (Å²) in [4.78, 5) is 28.0. The maximum Gasteiger partial charge on any atom is 0.306 e. The van der Waals surface area contributed by atoms with Gasteiger partial charge in [-0.15, -0.1) is 0 Å². The van der Waals surface area contributed by atoms with Gasteiger partial charge < -0.3 is 10.4 Å². The molecule has 1 aliphatic rings. The number of aromatic nitrogens is 1. The lowest BCUT2D eigenvalue weighted by molar-refractivity contribution is -0.142. The summed E-state index contributed by atoms with van der Waals surface area (Å²) >= 11 is 1.62. The Morgan fingerprint density at radius 2 is 1.96 bits per heavy atom. The van der Waals surface area contributed by atoms with Gasteiger partial charge in [-0.2, -0.15) is 11.3 Å². The van der Waals surface area contributed by atoms with Gasteiger partial charge in [0.1, 0.15) is 0 Å². The van der Waals surface area contributed by atoms with Gasteiger partial charge in [-0.1, -0.05) is 0 Å². The van der Waals surface area contributed by atoms with Gasteiger partial charge in [0.25, 0.3) is 5.91 Å². The third kappa shape index (κ3) is 3.64. The minimum Gasteiger partial charge on any atom is -0.481 e. The van der Waals surface area contributed by atoms with Crippen LogP contribution in [0.3, 0.4) is 0 Å². The SMILES string of the molecule is Cc1nc(-c2ccsc2)ccc1C(=O)NC1CCC(C(=O)O)CC1. The Kier molecular flexibility index (Phi) is 4.94. The molecule has 2 aromatic heterocycles. The van der Waals surface area contributed by atoms with Crippen molar-refractivity contribution >= 4 is 23.2 Å². The molecule has 1 aliphatic carbocycles. The zero-order valence-corrected chi connectivity index (χ0v) is 14.3. The van der Waals surface area contributed by atoms with Gasteiger partial charge in [-0.05, 0) is 56.2 Å². The van der Waals surface area contributed by atoms with E-state index in [1.165, 1.54) is 0 Å². The quantitative estimate of drug-likeness (QED) is 0.890. The van der Waals surface area contributed by atoms with Crippen LogP contribution >= 0.6 is 11.3 Å². The molecule has 6 heteroatoms. The number of amides is 1. The molecule has 2 aromatic rings. The summed E-state index contributed by atoms with van der Waals surface area (Å²) in [5.41, 5.74) is 3.21. The van der Waals surface area contributed by atoms with Crippen LogP contribution in [-0.4, -0.2) is 28.0 Å². The third-order valence-corrected chi connectivity index (χ3v) is 5.24. The van der Waals surface area contributed by atoms with Crippen molar-refractivity contribution in [2.45, 2.75) is 38.6 Å². The Morgan fingerprint density at radius 1 is 1.21 bits per heavy atom. The van der Waals surface area contributed by atoms with Crippen molar-refractivity contribution in [1.82, 2.24) is 10.3 Å². The summed E-state index contributed by atoms with van der Waals surface area (Å²) in [6, 6.07) is 5.73. The van der Waals surface area contributed by atoms with Crippen LogP contribution in [0.2, 0.25) is 0 Å². The fourth-order valence-electron chi connectivity index (χ4n) is 3.12. The van der Waals surface area contributed by atoms with Gasteiger partial charge in [0, 0.05) is 17.0 Å². The van der Waals surface area contributed by atoms with Gasteiger partial charge >= 0.3 is 5.97 Å². The number of carbonyl (C=O) groups excluding carboxylic acids is 1. The molecule has 5 nitrogen and oxygen atoms in total. The molecule has 0 saturated heterocycles. The predicted molar refractivity (Wildman–Crippen MR) is 93.1 cm³/mol. The molecule has 1 saturated carbocycles. The number of rotatable bonds is 4. The predicted octanol–water partition coefficient (Wildman–Crippen LogP) is 3.49. The van der Waals surface area contributed by atoms with Gasteiger partial charge in [0.2, 0.25) is 0 Å². The number of hydrogen-bond donors (Lipinski definition) is 2. The lowest BCUT2D eigenvalue weighted by Crippen LogP contribution is -2.39. The number of aryl methyl sites for hydroxylation is 1. The summed E-state index contributed by atoms with van der Waals surface area (Å²) in [6.07, 6.45) is 2.66. The highest BCUT2D eigenvalue weighted by Gasteiger charge is 2.27. The molecule has 0 radical (unpaired) electrons. The van der Waals surface area contributed by atoms with E-state index >= 15 is 0 Å². The average Bonchev–Trinajstić information content (AvgIpc) is 3.09. The smallest absolute Gasteiger partial charge is 0.306 e. The summed E-state index contributed by atoms with van der Waals surface area (Å²) in [6.45, 7) is 1.84. The van der Waals surface area contributed by atoms with Crippen LogP contribution in [0.15, 0.2) is 29.0 Å². The molecule has 2 N–H and O–H groups in total. The molecule has 0 atom stereocenters. The molecule has 126 valence electrons. The highest BCUT2D eigenvalue weighted by Crippen LogP contribution is 2.25. The molecular weight excluding hydrogens is 324 g/mol. The van der Waals surface area contributed by atoms with Gasteiger partial charge in [0.15, 0.2) is 0 Å². The van der Waals surface area contributed by atoms with E-state index in [4.69, 9.17) is 5.11 Å². The molecule has 0 unspecified atom stereocenters. The largest absolute Gasteiger partial charge is 0.481 e. The first-order valence-corrected chi connectivity index (χ1v) is 9.02. The van der Waals surface area contributed by atoms with Crippen molar-refractivity contribution in [3.8, 4) is 11.3 Å². The van der Waals surface area contributed by atoms with E-state index < -0.39 is 5.97 Å². The van der Waals surface area contributed by atoms with Crippen molar-refractivity contribution in [1.29, 1.82) is 0 Å². The van der Waals surface area contributed by atoms with E-state index in [0.717, 1.165) is 11.3 Å². The molecular formula is C18H20N2O3S. The standard InChI is InChI=1S/C18H20N2O3S/c1-11-15(6-7-16(19-11)13-8-9-24-10-13)17(21)20-14-4-2-12(3-5-14)18(22)23/h6-10,12,14H,2-5H2,1H3,(H,20,21)(H,22,23). The van der Waals surface area contributed by atoms with Crippen LogP contribution < -0.4 is 5.32 Å². The number of pyridine rings is 1. The fourth-order valence-corrected chi connectivity index (χ4v) is 3.77. The minimum atomic E-state index is -0.733. The second kappa shape index (κ2) is 7.13. The van der Waals surface area contributed by atoms with Crippen LogP contribution in [0.4, 0.5) is 0 Å². The Morgan fingerprint density at radius 3 is 2.54 bits per heavy atom. The molecule has 1 fully saturated rings. The Bertz CT molecular complexity index is 735. The topological polar surface area (TPSA) is 79.3 Å². The lowest BCUT2D eigenvalue weighted by Gasteiger charge is -2.27. The molecule has 0 aromatic carbocycles. The number of nitrogens with zero attached hydrogens (tertiary/aromatic N) is 1. The van der Waals surface area contributed by atoms with Crippen molar-refractivity contribution < 1.29 is 14.7 Å².